The van der Waals surface area contributed by atoms with Gasteiger partial charge >= 0.3 is 0 Å². The van der Waals surface area contributed by atoms with Gasteiger partial charge in [0.25, 0.3) is 5.91 Å². The van der Waals surface area contributed by atoms with Gasteiger partial charge in [0, 0.05) is 25.3 Å². The lowest BCUT2D eigenvalue weighted by molar-refractivity contribution is 0.0679. The van der Waals surface area contributed by atoms with E-state index in [1.807, 2.05) is 0 Å². The van der Waals surface area contributed by atoms with Crippen molar-refractivity contribution in [3.63, 3.8) is 0 Å². The summed E-state index contributed by atoms with van der Waals surface area (Å²) in [4.78, 5) is 17.4. The number of carbonyl (C=O) groups excluding carboxylic acids is 1. The van der Waals surface area contributed by atoms with Gasteiger partial charge in [-0.1, -0.05) is 11.3 Å². The number of benzene rings is 2. The van der Waals surface area contributed by atoms with Crippen LogP contribution in [0.4, 0.5) is 5.13 Å². The number of thiazole rings is 1. The lowest BCUT2D eigenvalue weighted by Crippen LogP contribution is -2.27. The van der Waals surface area contributed by atoms with Crippen LogP contribution in [0, 0.1) is 0 Å². The minimum absolute atomic E-state index is 0.137. The second-order valence-corrected chi connectivity index (χ2v) is 11.2. The number of nitrogens with one attached hydrogen (secondary N) is 1. The number of fused-ring (bicyclic) bond motifs is 1. The van der Waals surface area contributed by atoms with Crippen molar-refractivity contribution >= 4 is 42.6 Å². The first-order valence-electron chi connectivity index (χ1n) is 11.1. The maximum Gasteiger partial charge on any atom is 0.257 e. The predicted octanol–water partition coefficient (Wildman–Crippen LogP) is 3.89. The molecule has 1 N–H and O–H groups in total. The molecule has 2 aliphatic rings. The summed E-state index contributed by atoms with van der Waals surface area (Å²) in [5.74, 6) is 0.401. The van der Waals surface area contributed by atoms with Crippen molar-refractivity contribution in [3.05, 3.63) is 48.0 Å². The van der Waals surface area contributed by atoms with E-state index in [1.54, 1.807) is 42.5 Å². The number of amides is 1. The highest BCUT2D eigenvalue weighted by Gasteiger charge is 2.27. The summed E-state index contributed by atoms with van der Waals surface area (Å²) in [6.45, 7) is 2.41. The predicted molar refractivity (Wildman–Crippen MR) is 126 cm³/mol. The minimum atomic E-state index is -3.50. The van der Waals surface area contributed by atoms with Gasteiger partial charge in [0.1, 0.15) is 12.4 Å². The van der Waals surface area contributed by atoms with Crippen LogP contribution in [0.1, 0.15) is 36.0 Å². The molecule has 1 unspecified atom stereocenters. The van der Waals surface area contributed by atoms with E-state index in [9.17, 15) is 13.2 Å². The Balaban J connectivity index is 1.25. The molecule has 0 saturated carbocycles. The van der Waals surface area contributed by atoms with E-state index in [0.29, 0.717) is 46.4 Å². The summed E-state index contributed by atoms with van der Waals surface area (Å²) in [5, 5.41) is 3.23. The molecule has 2 aromatic carbocycles. The number of rotatable bonds is 7. The van der Waals surface area contributed by atoms with E-state index in [4.69, 9.17) is 9.47 Å². The van der Waals surface area contributed by atoms with E-state index < -0.39 is 10.0 Å². The normalized spacial score (nSPS) is 19.2. The third kappa shape index (κ3) is 4.89. The number of aromatic nitrogens is 1. The summed E-state index contributed by atoms with van der Waals surface area (Å²) in [6.07, 6.45) is 3.99. The van der Waals surface area contributed by atoms with E-state index in [1.165, 1.54) is 15.6 Å². The van der Waals surface area contributed by atoms with Crippen LogP contribution in [0.25, 0.3) is 10.2 Å². The summed E-state index contributed by atoms with van der Waals surface area (Å²) in [7, 11) is -3.50. The fourth-order valence-electron chi connectivity index (χ4n) is 4.03. The molecule has 0 radical (unpaired) electrons. The van der Waals surface area contributed by atoms with E-state index in [0.717, 1.165) is 32.3 Å². The average Bonchev–Trinajstić information content (AvgIpc) is 3.59. The van der Waals surface area contributed by atoms with Crippen molar-refractivity contribution in [2.24, 2.45) is 0 Å². The topological polar surface area (TPSA) is 97.8 Å². The smallest absolute Gasteiger partial charge is 0.257 e. The van der Waals surface area contributed by atoms with Crippen molar-refractivity contribution in [2.75, 3.05) is 31.6 Å². The summed E-state index contributed by atoms with van der Waals surface area (Å²) in [5.41, 5.74) is 1.13. The van der Waals surface area contributed by atoms with Gasteiger partial charge in [-0.05, 0) is 68.1 Å². The molecule has 0 spiro atoms. The van der Waals surface area contributed by atoms with E-state index in [-0.39, 0.29) is 16.9 Å². The van der Waals surface area contributed by atoms with Gasteiger partial charge in [-0.2, -0.15) is 4.31 Å². The van der Waals surface area contributed by atoms with Crippen molar-refractivity contribution in [1.82, 2.24) is 9.29 Å². The molecule has 2 saturated heterocycles. The molecule has 0 aliphatic carbocycles. The van der Waals surface area contributed by atoms with Crippen LogP contribution < -0.4 is 10.1 Å². The second kappa shape index (κ2) is 9.38. The van der Waals surface area contributed by atoms with Crippen molar-refractivity contribution < 1.29 is 22.7 Å². The SMILES string of the molecule is O=C(Nc1nc2ccc(S(=O)(=O)N3CCCC3)cc2s1)c1ccc(OCC2CCCO2)cc1. The van der Waals surface area contributed by atoms with Gasteiger partial charge in [-0.15, -0.1) is 0 Å². The molecular formula is C23H25N3O5S2. The molecule has 174 valence electrons. The second-order valence-electron chi connectivity index (χ2n) is 8.18. The average molecular weight is 488 g/mol. The highest BCUT2D eigenvalue weighted by Crippen LogP contribution is 2.30. The summed E-state index contributed by atoms with van der Waals surface area (Å²) >= 11 is 1.25. The van der Waals surface area contributed by atoms with Crippen LogP contribution in [0.5, 0.6) is 5.75 Å². The quantitative estimate of drug-likeness (QED) is 0.543. The third-order valence-corrected chi connectivity index (χ3v) is 8.69. The third-order valence-electron chi connectivity index (χ3n) is 5.86. The first-order valence-corrected chi connectivity index (χ1v) is 13.3. The van der Waals surface area contributed by atoms with Crippen LogP contribution in [-0.2, 0) is 14.8 Å². The molecule has 2 fully saturated rings. The zero-order chi connectivity index (χ0) is 22.8. The molecule has 2 aliphatic heterocycles. The molecule has 1 atom stereocenters. The molecule has 10 heteroatoms. The maximum atomic E-state index is 12.8. The van der Waals surface area contributed by atoms with Gasteiger partial charge in [0.2, 0.25) is 10.0 Å². The van der Waals surface area contributed by atoms with Crippen molar-refractivity contribution in [3.8, 4) is 5.75 Å². The molecule has 8 nitrogen and oxygen atoms in total. The number of anilines is 1. The number of sulfonamides is 1. The Labute approximate surface area is 196 Å². The molecular weight excluding hydrogens is 462 g/mol. The largest absolute Gasteiger partial charge is 0.491 e. The minimum Gasteiger partial charge on any atom is -0.491 e. The van der Waals surface area contributed by atoms with Crippen LogP contribution in [0.3, 0.4) is 0 Å². The molecule has 3 aromatic rings. The first kappa shape index (κ1) is 22.3. The Morgan fingerprint density at radius 2 is 1.94 bits per heavy atom. The highest BCUT2D eigenvalue weighted by molar-refractivity contribution is 7.89. The zero-order valence-corrected chi connectivity index (χ0v) is 19.7. The van der Waals surface area contributed by atoms with Crippen molar-refractivity contribution in [2.45, 2.75) is 36.7 Å². The Morgan fingerprint density at radius 3 is 2.67 bits per heavy atom. The Hall–Kier alpha value is -2.53. The van der Waals surface area contributed by atoms with Gasteiger partial charge < -0.3 is 9.47 Å². The number of ether oxygens (including phenoxy) is 2. The fraction of sp³-hybridized carbons (Fsp3) is 0.391. The number of hydrogen-bond acceptors (Lipinski definition) is 7. The van der Waals surface area contributed by atoms with E-state index in [2.05, 4.69) is 10.3 Å². The lowest BCUT2D eigenvalue weighted by Gasteiger charge is -2.15. The van der Waals surface area contributed by atoms with Gasteiger partial charge in [-0.25, -0.2) is 13.4 Å². The van der Waals surface area contributed by atoms with Crippen LogP contribution in [0.15, 0.2) is 47.4 Å². The van der Waals surface area contributed by atoms with Gasteiger partial charge in [0.15, 0.2) is 5.13 Å². The lowest BCUT2D eigenvalue weighted by atomic mass is 10.2. The molecule has 0 bridgehead atoms. The monoisotopic (exact) mass is 487 g/mol. The first-order chi connectivity index (χ1) is 16.0. The van der Waals surface area contributed by atoms with Gasteiger partial charge in [-0.3, -0.25) is 10.1 Å². The molecule has 5 rings (SSSR count). The molecule has 33 heavy (non-hydrogen) atoms. The number of carbonyl (C=O) groups is 1. The van der Waals surface area contributed by atoms with Crippen LogP contribution in [0.2, 0.25) is 0 Å². The molecule has 1 amide bonds. The fourth-order valence-corrected chi connectivity index (χ4v) is 6.55. The maximum absolute atomic E-state index is 12.8. The van der Waals surface area contributed by atoms with E-state index >= 15 is 0 Å². The standard InChI is InChI=1S/C23H25N3O5S2/c27-22(16-5-7-17(8-6-16)31-15-18-4-3-13-30-18)25-23-24-20-10-9-19(14-21(20)32-23)33(28,29)26-11-1-2-12-26/h5-10,14,18H,1-4,11-13,15H2,(H,24,25,27). The van der Waals surface area contributed by atoms with Crippen LogP contribution in [-0.4, -0.2) is 56.0 Å². The molecule has 3 heterocycles. The Bertz CT molecular complexity index is 1240. The summed E-state index contributed by atoms with van der Waals surface area (Å²) in [6, 6.07) is 11.8. The molecule has 1 aromatic heterocycles. The van der Waals surface area contributed by atoms with Crippen molar-refractivity contribution in [1.29, 1.82) is 0 Å². The van der Waals surface area contributed by atoms with Crippen LogP contribution >= 0.6 is 11.3 Å². The zero-order valence-electron chi connectivity index (χ0n) is 18.0. The summed E-state index contributed by atoms with van der Waals surface area (Å²) < 4.78 is 39.2. The highest BCUT2D eigenvalue weighted by atomic mass is 32.2. The van der Waals surface area contributed by atoms with Gasteiger partial charge in [0.05, 0.1) is 21.2 Å². The Morgan fingerprint density at radius 1 is 1.15 bits per heavy atom. The number of nitrogens with zero attached hydrogens (tertiary/aromatic N) is 2. The Kier molecular flexibility index (Phi) is 6.33. The number of hydrogen-bond donors (Lipinski definition) is 1.